The first-order chi connectivity index (χ1) is 12.9. The summed E-state index contributed by atoms with van der Waals surface area (Å²) in [6, 6.07) is 15.2. The van der Waals surface area contributed by atoms with E-state index in [4.69, 9.17) is 14.6 Å². The fourth-order valence-corrected chi connectivity index (χ4v) is 2.49. The van der Waals surface area contributed by atoms with Gasteiger partial charge in [-0.25, -0.2) is 0 Å². The Morgan fingerprint density at radius 2 is 1.67 bits per heavy atom. The maximum atomic E-state index is 11.9. The highest BCUT2D eigenvalue weighted by atomic mass is 16.5. The molecule has 2 rings (SSSR count). The van der Waals surface area contributed by atoms with Crippen LogP contribution in [0.5, 0.6) is 11.5 Å². The van der Waals surface area contributed by atoms with Gasteiger partial charge in [-0.2, -0.15) is 0 Å². The molecule has 0 aliphatic rings. The molecule has 5 heteroatoms. The summed E-state index contributed by atoms with van der Waals surface area (Å²) in [5.41, 5.74) is 1.92. The van der Waals surface area contributed by atoms with Crippen LogP contribution in [0.1, 0.15) is 43.1 Å². The van der Waals surface area contributed by atoms with Gasteiger partial charge in [0.25, 0.3) is 5.91 Å². The maximum Gasteiger partial charge on any atom is 0.251 e. The Morgan fingerprint density at radius 3 is 2.30 bits per heavy atom. The first-order valence-corrected chi connectivity index (χ1v) is 9.25. The van der Waals surface area contributed by atoms with Crippen molar-refractivity contribution in [2.24, 2.45) is 0 Å². The standard InChI is InChI=1S/C22H29NO4/c1-22(2,3)18-8-10-19(11-9-18)26-14-5-15-27-20-7-4-6-17(16-20)21(25)23-12-13-24/h4,6-11,16,24H,5,12-15H2,1-3H3,(H,23,25). The number of nitrogens with one attached hydrogen (secondary N) is 1. The molecule has 0 saturated carbocycles. The average Bonchev–Trinajstić information content (AvgIpc) is 2.65. The van der Waals surface area contributed by atoms with E-state index >= 15 is 0 Å². The van der Waals surface area contributed by atoms with Crippen LogP contribution in [0.4, 0.5) is 0 Å². The van der Waals surface area contributed by atoms with Gasteiger partial charge in [0.2, 0.25) is 0 Å². The molecule has 0 aromatic heterocycles. The van der Waals surface area contributed by atoms with E-state index in [9.17, 15) is 4.79 Å². The zero-order valence-corrected chi connectivity index (χ0v) is 16.3. The normalized spacial score (nSPS) is 11.1. The number of aliphatic hydroxyl groups is 1. The summed E-state index contributed by atoms with van der Waals surface area (Å²) >= 11 is 0. The van der Waals surface area contributed by atoms with Crippen LogP contribution in [0.25, 0.3) is 0 Å². The van der Waals surface area contributed by atoms with E-state index in [1.807, 2.05) is 18.2 Å². The van der Waals surface area contributed by atoms with E-state index in [0.29, 0.717) is 24.5 Å². The maximum absolute atomic E-state index is 11.9. The van der Waals surface area contributed by atoms with Gasteiger partial charge in [0.1, 0.15) is 11.5 Å². The number of benzene rings is 2. The molecule has 146 valence electrons. The molecule has 0 bridgehead atoms. The van der Waals surface area contributed by atoms with Gasteiger partial charge < -0.3 is 19.9 Å². The highest BCUT2D eigenvalue weighted by molar-refractivity contribution is 5.94. The summed E-state index contributed by atoms with van der Waals surface area (Å²) < 4.78 is 11.4. The minimum absolute atomic E-state index is 0.0825. The molecule has 2 aromatic carbocycles. The molecule has 27 heavy (non-hydrogen) atoms. The second-order valence-electron chi connectivity index (χ2n) is 7.33. The van der Waals surface area contributed by atoms with Gasteiger partial charge in [-0.3, -0.25) is 4.79 Å². The number of carbonyl (C=O) groups excluding carboxylic acids is 1. The van der Waals surface area contributed by atoms with Crippen molar-refractivity contribution < 1.29 is 19.4 Å². The van der Waals surface area contributed by atoms with Crippen LogP contribution in [-0.4, -0.2) is 37.4 Å². The summed E-state index contributed by atoms with van der Waals surface area (Å²) in [6.07, 6.45) is 0.738. The molecule has 0 aliphatic carbocycles. The largest absolute Gasteiger partial charge is 0.493 e. The van der Waals surface area contributed by atoms with Crippen LogP contribution in [0.15, 0.2) is 48.5 Å². The summed E-state index contributed by atoms with van der Waals surface area (Å²) in [6.45, 7) is 7.77. The predicted molar refractivity (Wildman–Crippen MR) is 107 cm³/mol. The van der Waals surface area contributed by atoms with E-state index in [0.717, 1.165) is 12.2 Å². The summed E-state index contributed by atoms with van der Waals surface area (Å²) in [4.78, 5) is 11.9. The molecule has 2 N–H and O–H groups in total. The van der Waals surface area contributed by atoms with Crippen molar-refractivity contribution >= 4 is 5.91 Å². The SMILES string of the molecule is CC(C)(C)c1ccc(OCCCOc2cccc(C(=O)NCCO)c2)cc1. The van der Waals surface area contributed by atoms with Crippen molar-refractivity contribution in [1.29, 1.82) is 0 Å². The van der Waals surface area contributed by atoms with Crippen LogP contribution in [0.3, 0.4) is 0 Å². The Hall–Kier alpha value is -2.53. The molecule has 5 nitrogen and oxygen atoms in total. The van der Waals surface area contributed by atoms with Crippen molar-refractivity contribution in [3.63, 3.8) is 0 Å². The second-order valence-corrected chi connectivity index (χ2v) is 7.33. The Labute approximate surface area is 161 Å². The average molecular weight is 371 g/mol. The van der Waals surface area contributed by atoms with Crippen LogP contribution in [0.2, 0.25) is 0 Å². The van der Waals surface area contributed by atoms with Crippen molar-refractivity contribution in [1.82, 2.24) is 5.32 Å². The third-order valence-corrected chi connectivity index (χ3v) is 4.04. The topological polar surface area (TPSA) is 67.8 Å². The molecule has 2 aromatic rings. The number of hydrogen-bond donors (Lipinski definition) is 2. The van der Waals surface area contributed by atoms with E-state index < -0.39 is 0 Å². The molecule has 0 saturated heterocycles. The number of carbonyl (C=O) groups is 1. The Kier molecular flexibility index (Phi) is 7.67. The third-order valence-electron chi connectivity index (χ3n) is 4.04. The monoisotopic (exact) mass is 371 g/mol. The molecular formula is C22H29NO4. The van der Waals surface area contributed by atoms with Crippen molar-refractivity contribution in [3.8, 4) is 11.5 Å². The number of ether oxygens (including phenoxy) is 2. The van der Waals surface area contributed by atoms with E-state index in [-0.39, 0.29) is 24.5 Å². The van der Waals surface area contributed by atoms with Crippen LogP contribution in [0, 0.1) is 0 Å². The van der Waals surface area contributed by atoms with E-state index in [1.54, 1.807) is 18.2 Å². The van der Waals surface area contributed by atoms with Gasteiger partial charge in [-0.05, 0) is 41.3 Å². The zero-order valence-electron chi connectivity index (χ0n) is 16.3. The van der Waals surface area contributed by atoms with Gasteiger partial charge in [0, 0.05) is 18.5 Å². The Balaban J connectivity index is 1.73. The molecule has 0 unspecified atom stereocenters. The fourth-order valence-electron chi connectivity index (χ4n) is 2.49. The minimum Gasteiger partial charge on any atom is -0.493 e. The van der Waals surface area contributed by atoms with Crippen LogP contribution in [-0.2, 0) is 5.41 Å². The molecule has 1 amide bonds. The fraction of sp³-hybridized carbons (Fsp3) is 0.409. The highest BCUT2D eigenvalue weighted by Crippen LogP contribution is 2.24. The lowest BCUT2D eigenvalue weighted by Crippen LogP contribution is -2.26. The van der Waals surface area contributed by atoms with Gasteiger partial charge in [-0.15, -0.1) is 0 Å². The molecule has 0 spiro atoms. The molecular weight excluding hydrogens is 342 g/mol. The lowest BCUT2D eigenvalue weighted by molar-refractivity contribution is 0.0944. The lowest BCUT2D eigenvalue weighted by Gasteiger charge is -2.19. The third kappa shape index (κ3) is 6.94. The number of aliphatic hydroxyl groups excluding tert-OH is 1. The van der Waals surface area contributed by atoms with Crippen molar-refractivity contribution in [3.05, 3.63) is 59.7 Å². The summed E-state index contributed by atoms with van der Waals surface area (Å²) in [7, 11) is 0. The minimum atomic E-state index is -0.225. The van der Waals surface area contributed by atoms with Crippen LogP contribution < -0.4 is 14.8 Å². The first-order valence-electron chi connectivity index (χ1n) is 9.25. The van der Waals surface area contributed by atoms with Gasteiger partial charge >= 0.3 is 0 Å². The molecule has 0 radical (unpaired) electrons. The summed E-state index contributed by atoms with van der Waals surface area (Å²) in [5.74, 6) is 1.27. The number of hydrogen-bond acceptors (Lipinski definition) is 4. The van der Waals surface area contributed by atoms with Gasteiger partial charge in [0.15, 0.2) is 0 Å². The summed E-state index contributed by atoms with van der Waals surface area (Å²) in [5, 5.41) is 11.4. The zero-order chi connectivity index (χ0) is 19.7. The smallest absolute Gasteiger partial charge is 0.251 e. The van der Waals surface area contributed by atoms with Crippen molar-refractivity contribution in [2.75, 3.05) is 26.4 Å². The quantitative estimate of drug-likeness (QED) is 0.662. The molecule has 0 aliphatic heterocycles. The molecule has 0 atom stereocenters. The molecule has 0 heterocycles. The number of amides is 1. The lowest BCUT2D eigenvalue weighted by atomic mass is 9.87. The van der Waals surface area contributed by atoms with Gasteiger partial charge in [-0.1, -0.05) is 39.0 Å². The predicted octanol–water partition coefficient (Wildman–Crippen LogP) is 3.55. The van der Waals surface area contributed by atoms with E-state index in [2.05, 4.69) is 38.2 Å². The number of rotatable bonds is 9. The van der Waals surface area contributed by atoms with Crippen molar-refractivity contribution in [2.45, 2.75) is 32.6 Å². The van der Waals surface area contributed by atoms with Crippen LogP contribution >= 0.6 is 0 Å². The Morgan fingerprint density at radius 1 is 1.00 bits per heavy atom. The highest BCUT2D eigenvalue weighted by Gasteiger charge is 2.12. The Bertz CT molecular complexity index is 720. The van der Waals surface area contributed by atoms with E-state index in [1.165, 1.54) is 5.56 Å². The second kappa shape index (κ2) is 9.97. The molecule has 0 fully saturated rings. The van der Waals surface area contributed by atoms with Gasteiger partial charge in [0.05, 0.1) is 19.8 Å². The first kappa shape index (κ1) is 20.8.